The van der Waals surface area contributed by atoms with Gasteiger partial charge in [0, 0.05) is 44.9 Å². The summed E-state index contributed by atoms with van der Waals surface area (Å²) in [7, 11) is 1.64. The molecular weight excluding hydrogens is 296 g/mol. The number of hydrogen-bond acceptors (Lipinski definition) is 5. The molecule has 0 atom stereocenters. The van der Waals surface area contributed by atoms with E-state index in [1.807, 2.05) is 23.1 Å². The maximum atomic E-state index is 12.5. The van der Waals surface area contributed by atoms with E-state index in [1.54, 1.807) is 13.2 Å². The highest BCUT2D eigenvalue weighted by Gasteiger charge is 2.35. The van der Waals surface area contributed by atoms with Crippen LogP contribution in [0.4, 0.5) is 0 Å². The van der Waals surface area contributed by atoms with Crippen LogP contribution in [0.25, 0.3) is 0 Å². The van der Waals surface area contributed by atoms with Crippen LogP contribution in [0.1, 0.15) is 10.4 Å². The average Bonchev–Trinajstić information content (AvgIpc) is 2.55. The maximum absolute atomic E-state index is 12.5. The van der Waals surface area contributed by atoms with Gasteiger partial charge in [0.25, 0.3) is 5.91 Å². The zero-order chi connectivity index (χ0) is 16.1. The molecule has 0 bridgehead atoms. The van der Waals surface area contributed by atoms with E-state index in [9.17, 15) is 4.79 Å². The number of hydrogen-bond donors (Lipinski definition) is 0. The fraction of sp³-hybridized carbons (Fsp3) is 0.588. The van der Waals surface area contributed by atoms with Crippen molar-refractivity contribution in [2.45, 2.75) is 6.04 Å². The van der Waals surface area contributed by atoms with Crippen molar-refractivity contribution in [1.29, 1.82) is 0 Å². The first kappa shape index (κ1) is 16.2. The summed E-state index contributed by atoms with van der Waals surface area (Å²) >= 11 is 0. The lowest BCUT2D eigenvalue weighted by Crippen LogP contribution is -2.62. The molecule has 0 saturated carbocycles. The zero-order valence-corrected chi connectivity index (χ0v) is 13.6. The van der Waals surface area contributed by atoms with E-state index < -0.39 is 0 Å². The number of benzene rings is 1. The highest BCUT2D eigenvalue weighted by Crippen LogP contribution is 2.21. The third-order valence-electron chi connectivity index (χ3n) is 4.35. The molecule has 0 aromatic heterocycles. The van der Waals surface area contributed by atoms with Crippen molar-refractivity contribution in [3.05, 3.63) is 29.8 Å². The van der Waals surface area contributed by atoms with Crippen molar-refractivity contribution in [2.24, 2.45) is 0 Å². The average molecular weight is 320 g/mol. The summed E-state index contributed by atoms with van der Waals surface area (Å²) in [6, 6.07) is 7.84. The van der Waals surface area contributed by atoms with Gasteiger partial charge < -0.3 is 19.1 Å². The third-order valence-corrected chi connectivity index (χ3v) is 4.35. The molecule has 0 radical (unpaired) electrons. The minimum atomic E-state index is 0.0756. The molecule has 0 unspecified atom stereocenters. The highest BCUT2D eigenvalue weighted by molar-refractivity contribution is 5.95. The highest BCUT2D eigenvalue weighted by atomic mass is 16.5. The van der Waals surface area contributed by atoms with Gasteiger partial charge in [0.1, 0.15) is 12.4 Å². The summed E-state index contributed by atoms with van der Waals surface area (Å²) in [6.45, 7) is 6.14. The van der Waals surface area contributed by atoms with Gasteiger partial charge in [0.05, 0.1) is 19.8 Å². The number of carbonyl (C=O) groups is 1. The zero-order valence-electron chi connectivity index (χ0n) is 13.6. The molecule has 2 fully saturated rings. The number of likely N-dealkylation sites (tertiary alicyclic amines) is 1. The van der Waals surface area contributed by atoms with Gasteiger partial charge in [0.2, 0.25) is 0 Å². The molecule has 2 aliphatic heterocycles. The Kier molecular flexibility index (Phi) is 5.48. The smallest absolute Gasteiger partial charge is 0.254 e. The second-order valence-corrected chi connectivity index (χ2v) is 5.88. The van der Waals surface area contributed by atoms with Crippen LogP contribution in [0, 0.1) is 0 Å². The fourth-order valence-electron chi connectivity index (χ4n) is 2.94. The van der Waals surface area contributed by atoms with Crippen LogP contribution in [0.15, 0.2) is 24.3 Å². The number of ether oxygens (including phenoxy) is 3. The summed E-state index contributed by atoms with van der Waals surface area (Å²) < 4.78 is 15.9. The number of rotatable bonds is 6. The van der Waals surface area contributed by atoms with Crippen LogP contribution in [0.3, 0.4) is 0 Å². The molecule has 126 valence electrons. The molecule has 3 rings (SSSR count). The van der Waals surface area contributed by atoms with Crippen molar-refractivity contribution in [2.75, 3.05) is 59.7 Å². The minimum absolute atomic E-state index is 0.0756. The molecular formula is C17H24N2O4. The SMILES string of the molecule is COCCOc1cccc(C(=O)N2CC(N3CCOCC3)C2)c1. The van der Waals surface area contributed by atoms with Crippen molar-refractivity contribution in [1.82, 2.24) is 9.80 Å². The van der Waals surface area contributed by atoms with Crippen LogP contribution in [0.2, 0.25) is 0 Å². The topological polar surface area (TPSA) is 51.2 Å². The lowest BCUT2D eigenvalue weighted by Gasteiger charge is -2.46. The Hall–Kier alpha value is -1.63. The van der Waals surface area contributed by atoms with E-state index in [0.29, 0.717) is 30.6 Å². The molecule has 0 aliphatic carbocycles. The molecule has 1 amide bonds. The molecule has 1 aromatic rings. The first-order valence-corrected chi connectivity index (χ1v) is 8.11. The van der Waals surface area contributed by atoms with Crippen LogP contribution in [0.5, 0.6) is 5.75 Å². The normalized spacial score (nSPS) is 19.4. The molecule has 0 spiro atoms. The Balaban J connectivity index is 1.51. The first-order valence-electron chi connectivity index (χ1n) is 8.11. The van der Waals surface area contributed by atoms with Gasteiger partial charge in [0.15, 0.2) is 0 Å². The molecule has 23 heavy (non-hydrogen) atoms. The number of morpholine rings is 1. The quantitative estimate of drug-likeness (QED) is 0.728. The van der Waals surface area contributed by atoms with Gasteiger partial charge >= 0.3 is 0 Å². The van der Waals surface area contributed by atoms with E-state index in [2.05, 4.69) is 4.90 Å². The monoisotopic (exact) mass is 320 g/mol. The van der Waals surface area contributed by atoms with E-state index in [4.69, 9.17) is 14.2 Å². The number of carbonyl (C=O) groups excluding carboxylic acids is 1. The molecule has 6 heteroatoms. The molecule has 1 aromatic carbocycles. The predicted octanol–water partition coefficient (Wildman–Crippen LogP) is 0.868. The fourth-order valence-corrected chi connectivity index (χ4v) is 2.94. The molecule has 2 heterocycles. The minimum Gasteiger partial charge on any atom is -0.491 e. The van der Waals surface area contributed by atoms with Crippen LogP contribution < -0.4 is 4.74 Å². The molecule has 0 N–H and O–H groups in total. The lowest BCUT2D eigenvalue weighted by atomic mass is 10.0. The molecule has 6 nitrogen and oxygen atoms in total. The number of methoxy groups -OCH3 is 1. The summed E-state index contributed by atoms with van der Waals surface area (Å²) in [5, 5.41) is 0. The Bertz CT molecular complexity index is 525. The van der Waals surface area contributed by atoms with Crippen molar-refractivity contribution >= 4 is 5.91 Å². The van der Waals surface area contributed by atoms with E-state index >= 15 is 0 Å². The summed E-state index contributed by atoms with van der Waals surface area (Å²) in [5.74, 6) is 0.782. The maximum Gasteiger partial charge on any atom is 0.254 e. The molecule has 2 aliphatic rings. The van der Waals surface area contributed by atoms with Gasteiger partial charge in [-0.2, -0.15) is 0 Å². The largest absolute Gasteiger partial charge is 0.491 e. The van der Waals surface area contributed by atoms with E-state index in [0.717, 1.165) is 39.4 Å². The summed E-state index contributed by atoms with van der Waals surface area (Å²) in [6.07, 6.45) is 0. The standard InChI is InChI=1S/C17H24N2O4/c1-21-9-10-23-16-4-2-3-14(11-16)17(20)19-12-15(13-19)18-5-7-22-8-6-18/h2-4,11,15H,5-10,12-13H2,1H3. The van der Waals surface area contributed by atoms with Crippen LogP contribution >= 0.6 is 0 Å². The van der Waals surface area contributed by atoms with E-state index in [-0.39, 0.29) is 5.91 Å². The van der Waals surface area contributed by atoms with Crippen molar-refractivity contribution < 1.29 is 19.0 Å². The first-order chi connectivity index (χ1) is 11.3. The second kappa shape index (κ2) is 7.77. The third kappa shape index (κ3) is 4.02. The Morgan fingerprint density at radius 1 is 1.26 bits per heavy atom. The van der Waals surface area contributed by atoms with Crippen LogP contribution in [-0.2, 0) is 9.47 Å². The van der Waals surface area contributed by atoms with Gasteiger partial charge in [-0.1, -0.05) is 6.07 Å². The second-order valence-electron chi connectivity index (χ2n) is 5.88. The molecule has 2 saturated heterocycles. The van der Waals surface area contributed by atoms with Gasteiger partial charge in [-0.3, -0.25) is 9.69 Å². The Labute approximate surface area is 136 Å². The Morgan fingerprint density at radius 3 is 2.78 bits per heavy atom. The van der Waals surface area contributed by atoms with Gasteiger partial charge in [-0.15, -0.1) is 0 Å². The van der Waals surface area contributed by atoms with Crippen molar-refractivity contribution in [3.8, 4) is 5.75 Å². The Morgan fingerprint density at radius 2 is 2.04 bits per heavy atom. The summed E-state index contributed by atoms with van der Waals surface area (Å²) in [4.78, 5) is 16.9. The number of amides is 1. The van der Waals surface area contributed by atoms with E-state index in [1.165, 1.54) is 0 Å². The lowest BCUT2D eigenvalue weighted by molar-refractivity contribution is -0.0256. The number of nitrogens with zero attached hydrogens (tertiary/aromatic N) is 2. The van der Waals surface area contributed by atoms with Crippen LogP contribution in [-0.4, -0.2) is 81.5 Å². The summed E-state index contributed by atoms with van der Waals surface area (Å²) in [5.41, 5.74) is 0.681. The van der Waals surface area contributed by atoms with Crippen molar-refractivity contribution in [3.63, 3.8) is 0 Å². The van der Waals surface area contributed by atoms with Gasteiger partial charge in [-0.25, -0.2) is 0 Å². The predicted molar refractivity (Wildman–Crippen MR) is 85.9 cm³/mol. The van der Waals surface area contributed by atoms with Gasteiger partial charge in [-0.05, 0) is 18.2 Å².